The van der Waals surface area contributed by atoms with Crippen LogP contribution in [0, 0.1) is 5.92 Å². The van der Waals surface area contributed by atoms with Gasteiger partial charge in [-0.3, -0.25) is 43.5 Å². The number of rotatable bonds is 23. The number of nitrogens with zero attached hydrogens (tertiary/aromatic N) is 3. The fourth-order valence-electron chi connectivity index (χ4n) is 3.96. The second-order valence-corrected chi connectivity index (χ2v) is 10.5. The van der Waals surface area contributed by atoms with E-state index in [0.29, 0.717) is 17.7 Å². The quantitative estimate of drug-likeness (QED) is 0.0671. The lowest BCUT2D eigenvalue weighted by molar-refractivity contribution is -0.143. The summed E-state index contributed by atoms with van der Waals surface area (Å²) in [5.41, 5.74) is 8.82. The molecule has 1 atom stereocenters. The molecule has 44 heavy (non-hydrogen) atoms. The highest BCUT2D eigenvalue weighted by atomic mass is 16.7. The minimum atomic E-state index is -1.24. The maximum atomic E-state index is 12.8. The van der Waals surface area contributed by atoms with E-state index in [1.807, 2.05) is 13.8 Å². The van der Waals surface area contributed by atoms with E-state index in [9.17, 15) is 28.8 Å². The summed E-state index contributed by atoms with van der Waals surface area (Å²) in [6.07, 6.45) is 0.497. The van der Waals surface area contributed by atoms with Crippen molar-refractivity contribution in [1.82, 2.24) is 25.5 Å². The first-order valence-corrected chi connectivity index (χ1v) is 13.8. The van der Waals surface area contributed by atoms with Gasteiger partial charge in [-0.1, -0.05) is 26.0 Å². The van der Waals surface area contributed by atoms with Crippen LogP contribution in [0.15, 0.2) is 24.3 Å². The zero-order valence-electron chi connectivity index (χ0n) is 24.8. The Balaban J connectivity index is 2.79. The van der Waals surface area contributed by atoms with Crippen LogP contribution in [-0.2, 0) is 35.3 Å². The number of hydrogen-bond donors (Lipinski definition) is 7. The van der Waals surface area contributed by atoms with Crippen LogP contribution >= 0.6 is 0 Å². The molecule has 1 aromatic rings. The molecule has 246 valence electrons. The van der Waals surface area contributed by atoms with Crippen molar-refractivity contribution in [3.05, 3.63) is 29.8 Å². The summed E-state index contributed by atoms with van der Waals surface area (Å²) in [6.45, 7) is 1.60. The van der Waals surface area contributed by atoms with E-state index >= 15 is 0 Å². The van der Waals surface area contributed by atoms with Crippen LogP contribution in [-0.4, -0.2) is 136 Å². The van der Waals surface area contributed by atoms with Crippen molar-refractivity contribution in [2.45, 2.75) is 32.9 Å². The Labute approximate surface area is 254 Å². The molecule has 0 saturated carbocycles. The molecule has 17 heteroatoms. The van der Waals surface area contributed by atoms with Gasteiger partial charge >= 0.3 is 23.9 Å². The van der Waals surface area contributed by atoms with E-state index in [2.05, 4.69) is 10.8 Å². The van der Waals surface area contributed by atoms with Gasteiger partial charge in [0.05, 0.1) is 38.8 Å². The number of hydroxylamine groups is 1. The molecule has 0 fully saturated rings. The average Bonchev–Trinajstić information content (AvgIpc) is 2.90. The number of nitrogens with one attached hydrogen (secondary N) is 2. The number of carbonyl (C=O) groups is 6. The molecule has 0 aromatic heterocycles. The molecule has 0 aliphatic heterocycles. The van der Waals surface area contributed by atoms with Crippen molar-refractivity contribution in [2.75, 3.05) is 58.9 Å². The van der Waals surface area contributed by atoms with Gasteiger partial charge in [0.15, 0.2) is 5.75 Å². The number of carboxylic acid groups (broad SMARTS) is 4. The average molecular weight is 627 g/mol. The van der Waals surface area contributed by atoms with E-state index in [0.717, 1.165) is 9.80 Å². The Hall–Kier alpha value is -4.32. The summed E-state index contributed by atoms with van der Waals surface area (Å²) in [4.78, 5) is 78.5. The van der Waals surface area contributed by atoms with Gasteiger partial charge in [-0.05, 0) is 30.0 Å². The topological polar surface area (TPSA) is 252 Å². The number of aliphatic carboxylic acids is 4. The molecule has 0 heterocycles. The normalized spacial score (nSPS) is 11.9. The lowest BCUT2D eigenvalue weighted by Crippen LogP contribution is -2.47. The van der Waals surface area contributed by atoms with Crippen LogP contribution in [0.3, 0.4) is 0 Å². The molecule has 1 aromatic carbocycles. The molecule has 0 aliphatic carbocycles. The molecule has 0 saturated heterocycles. The van der Waals surface area contributed by atoms with Gasteiger partial charge in [0.25, 0.3) is 5.91 Å². The van der Waals surface area contributed by atoms with Crippen molar-refractivity contribution in [3.8, 4) is 5.75 Å². The smallest absolute Gasteiger partial charge is 0.317 e. The van der Waals surface area contributed by atoms with Crippen molar-refractivity contribution in [2.24, 2.45) is 11.7 Å². The largest absolute Gasteiger partial charge is 0.480 e. The number of carboxylic acids is 4. The molecule has 0 bridgehead atoms. The lowest BCUT2D eigenvalue weighted by atomic mass is 10.0. The van der Waals surface area contributed by atoms with Crippen molar-refractivity contribution in [1.29, 1.82) is 0 Å². The van der Waals surface area contributed by atoms with Crippen LogP contribution in [0.2, 0.25) is 0 Å². The van der Waals surface area contributed by atoms with E-state index in [1.54, 1.807) is 29.2 Å². The van der Waals surface area contributed by atoms with E-state index < -0.39 is 67.9 Å². The third-order valence-electron chi connectivity index (χ3n) is 6.01. The number of carbonyl (C=O) groups excluding carboxylic acids is 2. The Bertz CT molecular complexity index is 1040. The highest BCUT2D eigenvalue weighted by Crippen LogP contribution is 2.11. The fourth-order valence-corrected chi connectivity index (χ4v) is 3.96. The molecule has 0 aliphatic rings. The van der Waals surface area contributed by atoms with Crippen molar-refractivity contribution in [3.63, 3.8) is 0 Å². The van der Waals surface area contributed by atoms with Gasteiger partial charge in [-0.25, -0.2) is 0 Å². The van der Waals surface area contributed by atoms with Crippen LogP contribution < -0.4 is 21.4 Å². The second kappa shape index (κ2) is 19.8. The first-order valence-electron chi connectivity index (χ1n) is 13.8. The summed E-state index contributed by atoms with van der Waals surface area (Å²) >= 11 is 0. The van der Waals surface area contributed by atoms with Crippen molar-refractivity contribution >= 4 is 35.7 Å². The summed E-state index contributed by atoms with van der Waals surface area (Å²) in [5, 5.41) is 39.1. The van der Waals surface area contributed by atoms with Gasteiger partial charge in [0, 0.05) is 32.7 Å². The van der Waals surface area contributed by atoms with Gasteiger partial charge in [-0.2, -0.15) is 5.48 Å². The van der Waals surface area contributed by atoms with Gasteiger partial charge in [0.1, 0.15) is 0 Å². The number of nitrogens with two attached hydrogens (primary N) is 1. The molecular weight excluding hydrogens is 584 g/mol. The zero-order chi connectivity index (χ0) is 33.2. The molecule has 2 amide bonds. The number of benzene rings is 1. The molecule has 1 unspecified atom stereocenters. The fraction of sp³-hybridized carbons (Fsp3) is 0.556. The number of amides is 2. The zero-order valence-corrected chi connectivity index (χ0v) is 24.8. The first-order chi connectivity index (χ1) is 20.6. The summed E-state index contributed by atoms with van der Waals surface area (Å²) in [7, 11) is 0. The van der Waals surface area contributed by atoms with E-state index in [1.165, 1.54) is 0 Å². The minimum Gasteiger partial charge on any atom is -0.480 e. The molecule has 1 rings (SSSR count). The number of hydrogen-bond acceptors (Lipinski definition) is 11. The summed E-state index contributed by atoms with van der Waals surface area (Å²) < 4.78 is 0. The van der Waals surface area contributed by atoms with Crippen LogP contribution in [0.25, 0.3) is 0 Å². The monoisotopic (exact) mass is 626 g/mol. The summed E-state index contributed by atoms with van der Waals surface area (Å²) in [5.74, 6) is -5.27. The van der Waals surface area contributed by atoms with Gasteiger partial charge in [-0.15, -0.1) is 0 Å². The molecule has 17 nitrogen and oxygen atoms in total. The van der Waals surface area contributed by atoms with Crippen LogP contribution in [0.1, 0.15) is 25.8 Å². The SMILES string of the molecule is CC(C)CC(N)C(=O)NOc1ccc(CNC(=O)CN(CCN(CC(=O)O)CC(=O)O)CCN(CC(=O)O)CC(=O)O)cc1. The molecule has 8 N–H and O–H groups in total. The first kappa shape index (κ1) is 37.7. The Morgan fingerprint density at radius 1 is 0.727 bits per heavy atom. The molecule has 0 radical (unpaired) electrons. The minimum absolute atomic E-state index is 0.0376. The Morgan fingerprint density at radius 2 is 1.16 bits per heavy atom. The van der Waals surface area contributed by atoms with Crippen LogP contribution in [0.4, 0.5) is 0 Å². The second-order valence-electron chi connectivity index (χ2n) is 10.5. The highest BCUT2D eigenvalue weighted by molar-refractivity contribution is 5.80. The van der Waals surface area contributed by atoms with Crippen LogP contribution in [0.5, 0.6) is 5.75 Å². The highest BCUT2D eigenvalue weighted by Gasteiger charge is 2.20. The molecular formula is C27H42N6O11. The maximum absolute atomic E-state index is 12.8. The van der Waals surface area contributed by atoms with Gasteiger partial charge < -0.3 is 36.3 Å². The molecule has 0 spiro atoms. The van der Waals surface area contributed by atoms with Crippen molar-refractivity contribution < 1.29 is 54.0 Å². The Morgan fingerprint density at radius 3 is 1.57 bits per heavy atom. The van der Waals surface area contributed by atoms with E-state index in [4.69, 9.17) is 31.0 Å². The maximum Gasteiger partial charge on any atom is 0.317 e. The lowest BCUT2D eigenvalue weighted by Gasteiger charge is -2.28. The third kappa shape index (κ3) is 17.6. The van der Waals surface area contributed by atoms with E-state index in [-0.39, 0.29) is 45.2 Å². The predicted octanol–water partition coefficient (Wildman–Crippen LogP) is -1.67. The van der Waals surface area contributed by atoms with Gasteiger partial charge in [0.2, 0.25) is 5.91 Å². The Kier molecular flexibility index (Phi) is 17.0. The third-order valence-corrected chi connectivity index (χ3v) is 6.01. The summed E-state index contributed by atoms with van der Waals surface area (Å²) in [6, 6.07) is 5.79. The predicted molar refractivity (Wildman–Crippen MR) is 154 cm³/mol. The standard InChI is InChI=1S/C27H42N6O11/c1-18(2)11-21(28)27(43)30-44-20-5-3-19(4-6-20)12-29-22(34)13-31(7-9-32(14-23(35)36)15-24(37)38)8-10-33(16-25(39)40)17-26(41)42/h3-6,18,21H,7-17,28H2,1-2H3,(H,29,34)(H,30,43)(H,35,36)(H,37,38)(H,39,40)(H,41,42).